The monoisotopic (exact) mass is 552 g/mol. The molecule has 0 spiro atoms. The van der Waals surface area contributed by atoms with Crippen LogP contribution < -0.4 is 8.70 Å². The van der Waals surface area contributed by atoms with E-state index in [1.807, 2.05) is 8.70 Å². The zero-order valence-corrected chi connectivity index (χ0v) is 24.4. The molecule has 4 aliphatic rings. The molecule has 6 rings (SSSR count). The predicted molar refractivity (Wildman–Crippen MR) is 143 cm³/mol. The Balaban J connectivity index is 1.68. The molecule has 0 radical (unpaired) electrons. The molecule has 32 heavy (non-hydrogen) atoms. The van der Waals surface area contributed by atoms with Gasteiger partial charge in [0.15, 0.2) is 0 Å². The Labute approximate surface area is 202 Å². The summed E-state index contributed by atoms with van der Waals surface area (Å²) in [6.07, 6.45) is 15.8. The second kappa shape index (κ2) is 7.79. The van der Waals surface area contributed by atoms with Crippen LogP contribution in [0.5, 0.6) is 0 Å². The van der Waals surface area contributed by atoms with E-state index < -0.39 is 24.1 Å². The van der Waals surface area contributed by atoms with E-state index in [9.17, 15) is 0 Å². The Bertz CT molecular complexity index is 872. The summed E-state index contributed by atoms with van der Waals surface area (Å²) in [5, 5.41) is 0. The molecule has 0 atom stereocenters. The zero-order chi connectivity index (χ0) is 22.0. The Morgan fingerprint density at radius 2 is 1.03 bits per heavy atom. The normalized spacial score (nSPS) is 35.3. The van der Waals surface area contributed by atoms with Crippen LogP contribution in [0.15, 0.2) is 60.7 Å². The molecule has 0 heterocycles. The van der Waals surface area contributed by atoms with Crippen LogP contribution in [0.25, 0.3) is 0 Å². The van der Waals surface area contributed by atoms with Gasteiger partial charge in [-0.1, -0.05) is 0 Å². The summed E-state index contributed by atoms with van der Waals surface area (Å²) >= 11 is -4.04. The van der Waals surface area contributed by atoms with Crippen LogP contribution in [0.3, 0.4) is 0 Å². The van der Waals surface area contributed by atoms with E-state index in [1.165, 1.54) is 0 Å². The molecule has 0 aliphatic heterocycles. The van der Waals surface area contributed by atoms with E-state index in [1.54, 1.807) is 64.2 Å². The first-order valence-electron chi connectivity index (χ1n) is 13.3. The van der Waals surface area contributed by atoms with Crippen LogP contribution in [0.1, 0.15) is 85.0 Å². The first kappa shape index (κ1) is 22.0. The van der Waals surface area contributed by atoms with Crippen LogP contribution in [0, 0.1) is 11.8 Å². The third-order valence-corrected chi connectivity index (χ3v) is 58.3. The van der Waals surface area contributed by atoms with Crippen molar-refractivity contribution in [1.82, 2.24) is 0 Å². The van der Waals surface area contributed by atoms with E-state index >= 15 is 0 Å². The van der Waals surface area contributed by atoms with Gasteiger partial charge in [-0.05, 0) is 0 Å². The van der Waals surface area contributed by atoms with E-state index in [-0.39, 0.29) is 0 Å². The van der Waals surface area contributed by atoms with Gasteiger partial charge in [0.25, 0.3) is 0 Å². The first-order chi connectivity index (χ1) is 15.4. The zero-order valence-electron chi connectivity index (χ0n) is 20.4. The van der Waals surface area contributed by atoms with Gasteiger partial charge in [-0.25, -0.2) is 0 Å². The van der Waals surface area contributed by atoms with E-state index in [2.05, 4.69) is 81.4 Å². The molecular weight excluding hydrogens is 510 g/mol. The fraction of sp³-hybridized carbons (Fsp3) is 0.600. The molecule has 2 aromatic rings. The van der Waals surface area contributed by atoms with E-state index in [0.29, 0.717) is 4.20 Å². The molecule has 0 saturated heterocycles. The molecule has 2 aromatic carbocycles. The molecule has 0 N–H and O–H groups in total. The third-order valence-electron chi connectivity index (χ3n) is 10.2. The van der Waals surface area contributed by atoms with Gasteiger partial charge in [-0.2, -0.15) is 0 Å². The molecular formula is C30H42As2. The van der Waals surface area contributed by atoms with Crippen molar-refractivity contribution >= 4 is 32.8 Å². The topological polar surface area (TPSA) is 0 Å². The fourth-order valence-electron chi connectivity index (χ4n) is 9.15. The Hall–Kier alpha value is -0.443. The van der Waals surface area contributed by atoms with E-state index in [4.69, 9.17) is 0 Å². The van der Waals surface area contributed by atoms with Crippen LogP contribution in [-0.2, 0) is 0 Å². The van der Waals surface area contributed by atoms with Crippen molar-refractivity contribution in [3.05, 3.63) is 60.7 Å². The van der Waals surface area contributed by atoms with E-state index in [0.717, 1.165) is 20.2 Å². The summed E-state index contributed by atoms with van der Waals surface area (Å²) in [6.45, 7) is 8.06. The molecule has 4 fully saturated rings. The quantitative estimate of drug-likeness (QED) is 0.350. The Kier molecular flexibility index (Phi) is 5.36. The predicted octanol–water partition coefficient (Wildman–Crippen LogP) is 7.02. The van der Waals surface area contributed by atoms with Crippen LogP contribution >= 0.6 is 0 Å². The SMILES string of the molecule is CC(C)(C)[AsH](c1ccccc1)(c1ccccc1)[As](C12CCC(CC1)C2)C12CCC(CC1)C2. The second-order valence-electron chi connectivity index (χ2n) is 12.8. The molecule has 172 valence electrons. The molecule has 0 amide bonds. The van der Waals surface area contributed by atoms with Crippen molar-refractivity contribution in [2.75, 3.05) is 0 Å². The van der Waals surface area contributed by atoms with Gasteiger partial charge in [0.2, 0.25) is 0 Å². The maximum atomic E-state index is 2.69. The number of rotatable bonds is 5. The minimum absolute atomic E-state index is 0.396. The summed E-state index contributed by atoms with van der Waals surface area (Å²) < 4.78 is 5.58. The average molecular weight is 553 g/mol. The van der Waals surface area contributed by atoms with Gasteiger partial charge >= 0.3 is 203 Å². The summed E-state index contributed by atoms with van der Waals surface area (Å²) in [4.78, 5) is 0. The summed E-state index contributed by atoms with van der Waals surface area (Å²) in [7, 11) is 0. The summed E-state index contributed by atoms with van der Waals surface area (Å²) in [6, 6.07) is 24.5. The summed E-state index contributed by atoms with van der Waals surface area (Å²) in [5.41, 5.74) is 0. The van der Waals surface area contributed by atoms with Crippen LogP contribution in [0.4, 0.5) is 0 Å². The molecule has 4 saturated carbocycles. The third kappa shape index (κ3) is 3.07. The van der Waals surface area contributed by atoms with Gasteiger partial charge in [0, 0.05) is 0 Å². The number of fused-ring (bicyclic) bond motifs is 4. The Morgan fingerprint density at radius 3 is 1.31 bits per heavy atom. The average Bonchev–Trinajstić information content (AvgIpc) is 3.59. The number of hydrogen-bond acceptors (Lipinski definition) is 0. The summed E-state index contributed by atoms with van der Waals surface area (Å²) in [5.74, 6) is 2.13. The van der Waals surface area contributed by atoms with Gasteiger partial charge in [-0.3, -0.25) is 0 Å². The minimum atomic E-state index is -2.76. The van der Waals surface area contributed by atoms with Crippen molar-refractivity contribution in [2.24, 2.45) is 11.8 Å². The molecule has 0 aromatic heterocycles. The molecule has 4 bridgehead atoms. The fourth-order valence-corrected chi connectivity index (χ4v) is 67.3. The maximum absolute atomic E-state index is 2.76. The van der Waals surface area contributed by atoms with Crippen molar-refractivity contribution in [1.29, 1.82) is 0 Å². The molecule has 0 nitrogen and oxygen atoms in total. The second-order valence-corrected chi connectivity index (χ2v) is 38.9. The molecule has 0 unspecified atom stereocenters. The number of hydrogen-bond donors (Lipinski definition) is 0. The van der Waals surface area contributed by atoms with Crippen molar-refractivity contribution in [3.8, 4) is 0 Å². The molecule has 2 heteroatoms. The van der Waals surface area contributed by atoms with Crippen LogP contribution in [-0.4, -0.2) is 24.1 Å². The van der Waals surface area contributed by atoms with Gasteiger partial charge in [0.05, 0.1) is 0 Å². The molecule has 4 aliphatic carbocycles. The van der Waals surface area contributed by atoms with Crippen molar-refractivity contribution in [3.63, 3.8) is 0 Å². The van der Waals surface area contributed by atoms with Crippen LogP contribution in [0.2, 0.25) is 12.6 Å². The van der Waals surface area contributed by atoms with Crippen molar-refractivity contribution < 1.29 is 0 Å². The standard InChI is InChI=1S/C30H42As2/c1-28(2,3)32(26-10-6-4-7-11-26,27-12-8-5-9-13-27)31(29-18-14-24(22-29)15-19-29)30-20-16-25(23-30)17-21-30/h4-13,24-25,32H,14-23H2,1-3H3. The number of benzene rings is 2. The Morgan fingerprint density at radius 1 is 0.656 bits per heavy atom. The van der Waals surface area contributed by atoms with Gasteiger partial charge in [0.1, 0.15) is 0 Å². The van der Waals surface area contributed by atoms with Gasteiger partial charge < -0.3 is 0 Å². The van der Waals surface area contributed by atoms with Crippen molar-refractivity contribution in [2.45, 2.75) is 97.6 Å². The first-order valence-corrected chi connectivity index (χ1v) is 24.2. The van der Waals surface area contributed by atoms with Gasteiger partial charge in [-0.15, -0.1) is 0 Å².